The van der Waals surface area contributed by atoms with Crippen LogP contribution < -0.4 is 16.0 Å². The molecule has 0 radical (unpaired) electrons. The van der Waals surface area contributed by atoms with Crippen LogP contribution in [0.15, 0.2) is 48.5 Å². The van der Waals surface area contributed by atoms with Crippen molar-refractivity contribution in [3.63, 3.8) is 0 Å². The maximum Gasteiger partial charge on any atom is 0.315 e. The van der Waals surface area contributed by atoms with Crippen molar-refractivity contribution in [3.05, 3.63) is 70.8 Å². The quantitative estimate of drug-likeness (QED) is 0.717. The van der Waals surface area contributed by atoms with Gasteiger partial charge in [0.25, 0.3) is 5.91 Å². The van der Waals surface area contributed by atoms with Gasteiger partial charge in [0, 0.05) is 25.2 Å². The molecule has 0 aliphatic heterocycles. The number of amides is 3. The van der Waals surface area contributed by atoms with Gasteiger partial charge in [-0.05, 0) is 48.9 Å². The van der Waals surface area contributed by atoms with Gasteiger partial charge in [0.2, 0.25) is 0 Å². The Kier molecular flexibility index (Phi) is 5.89. The van der Waals surface area contributed by atoms with Crippen molar-refractivity contribution in [1.82, 2.24) is 16.0 Å². The van der Waals surface area contributed by atoms with E-state index in [0.29, 0.717) is 24.6 Å². The third-order valence-corrected chi connectivity index (χ3v) is 4.43. The molecule has 3 amide bonds. The maximum absolute atomic E-state index is 12.2. The van der Waals surface area contributed by atoms with Gasteiger partial charge in [0.05, 0.1) is 0 Å². The number of carbonyl (C=O) groups is 2. The lowest BCUT2D eigenvalue weighted by atomic mass is 10.1. The minimum absolute atomic E-state index is 0.0864. The predicted octanol–water partition coefficient (Wildman–Crippen LogP) is 3.13. The summed E-state index contributed by atoms with van der Waals surface area (Å²) in [6, 6.07) is 15.3. The summed E-state index contributed by atoms with van der Waals surface area (Å²) in [6.07, 6.45) is 2.44. The summed E-state index contributed by atoms with van der Waals surface area (Å²) in [5.74, 6) is 0.581. The van der Waals surface area contributed by atoms with Crippen molar-refractivity contribution in [2.24, 2.45) is 5.92 Å². The average molecular weight is 351 g/mol. The molecule has 1 fully saturated rings. The van der Waals surface area contributed by atoms with E-state index < -0.39 is 0 Å². The van der Waals surface area contributed by atoms with Crippen LogP contribution in [0.2, 0.25) is 0 Å². The number of nitrogens with one attached hydrogen (secondary N) is 3. The molecule has 0 bridgehead atoms. The zero-order valence-electron chi connectivity index (χ0n) is 15.0. The molecule has 0 aromatic heterocycles. The van der Waals surface area contributed by atoms with E-state index in [0.717, 1.165) is 23.2 Å². The van der Waals surface area contributed by atoms with Crippen molar-refractivity contribution in [3.8, 4) is 0 Å². The van der Waals surface area contributed by atoms with Gasteiger partial charge in [0.15, 0.2) is 0 Å². The first-order chi connectivity index (χ1) is 12.6. The Balaban J connectivity index is 1.47. The second-order valence-corrected chi connectivity index (χ2v) is 6.88. The first-order valence-corrected chi connectivity index (χ1v) is 9.04. The summed E-state index contributed by atoms with van der Waals surface area (Å²) in [6.45, 7) is 3.65. The van der Waals surface area contributed by atoms with Crippen LogP contribution in [-0.2, 0) is 13.1 Å². The van der Waals surface area contributed by atoms with E-state index in [-0.39, 0.29) is 11.9 Å². The molecule has 0 spiro atoms. The van der Waals surface area contributed by atoms with Crippen LogP contribution >= 0.6 is 0 Å². The Morgan fingerprint density at radius 1 is 0.923 bits per heavy atom. The minimum atomic E-state index is -0.130. The molecule has 26 heavy (non-hydrogen) atoms. The summed E-state index contributed by atoms with van der Waals surface area (Å²) in [5.41, 5.74) is 3.73. The lowest BCUT2D eigenvalue weighted by Gasteiger charge is -2.10. The molecule has 1 aliphatic rings. The fourth-order valence-corrected chi connectivity index (χ4v) is 2.72. The number of benzene rings is 2. The number of carbonyl (C=O) groups excluding carboxylic acids is 2. The Hall–Kier alpha value is -2.82. The minimum Gasteiger partial charge on any atom is -0.348 e. The normalized spacial score (nSPS) is 13.1. The number of hydrogen-bond acceptors (Lipinski definition) is 2. The lowest BCUT2D eigenvalue weighted by molar-refractivity contribution is 0.0951. The van der Waals surface area contributed by atoms with Crippen LogP contribution in [0.3, 0.4) is 0 Å². The summed E-state index contributed by atoms with van der Waals surface area (Å²) in [4.78, 5) is 24.0. The van der Waals surface area contributed by atoms with Gasteiger partial charge < -0.3 is 16.0 Å². The van der Waals surface area contributed by atoms with Gasteiger partial charge in [-0.1, -0.05) is 42.0 Å². The highest BCUT2D eigenvalue weighted by Crippen LogP contribution is 2.27. The molecule has 2 aromatic rings. The molecular formula is C21H25N3O2. The Bertz CT molecular complexity index is 784. The van der Waals surface area contributed by atoms with Crippen LogP contribution in [0, 0.1) is 12.8 Å². The lowest BCUT2D eigenvalue weighted by Crippen LogP contribution is -2.36. The van der Waals surface area contributed by atoms with Crippen LogP contribution in [0.4, 0.5) is 4.79 Å². The molecule has 1 aliphatic carbocycles. The Labute approximate surface area is 154 Å². The smallest absolute Gasteiger partial charge is 0.315 e. The summed E-state index contributed by atoms with van der Waals surface area (Å²) >= 11 is 0. The first kappa shape index (κ1) is 18.0. The van der Waals surface area contributed by atoms with Gasteiger partial charge in [-0.25, -0.2) is 4.79 Å². The fourth-order valence-electron chi connectivity index (χ4n) is 2.72. The number of urea groups is 1. The van der Waals surface area contributed by atoms with Crippen LogP contribution in [-0.4, -0.2) is 18.5 Å². The van der Waals surface area contributed by atoms with Gasteiger partial charge in [-0.15, -0.1) is 0 Å². The number of hydrogen-bond donors (Lipinski definition) is 3. The predicted molar refractivity (Wildman–Crippen MR) is 102 cm³/mol. The molecule has 0 saturated heterocycles. The molecule has 0 heterocycles. The molecule has 1 saturated carbocycles. The largest absolute Gasteiger partial charge is 0.348 e. The third kappa shape index (κ3) is 5.62. The van der Waals surface area contributed by atoms with E-state index in [1.807, 2.05) is 55.5 Å². The van der Waals surface area contributed by atoms with Crippen molar-refractivity contribution in [2.75, 3.05) is 6.54 Å². The van der Waals surface area contributed by atoms with E-state index in [1.54, 1.807) is 0 Å². The van der Waals surface area contributed by atoms with Crippen LogP contribution in [0.25, 0.3) is 0 Å². The van der Waals surface area contributed by atoms with Crippen molar-refractivity contribution < 1.29 is 9.59 Å². The molecular weight excluding hydrogens is 326 g/mol. The van der Waals surface area contributed by atoms with E-state index in [1.165, 1.54) is 12.8 Å². The highest BCUT2D eigenvalue weighted by atomic mass is 16.2. The molecule has 0 unspecified atom stereocenters. The molecule has 0 atom stereocenters. The van der Waals surface area contributed by atoms with E-state index in [4.69, 9.17) is 0 Å². The molecule has 136 valence electrons. The zero-order chi connectivity index (χ0) is 18.4. The second kappa shape index (κ2) is 8.52. The van der Waals surface area contributed by atoms with Gasteiger partial charge in [-0.3, -0.25) is 4.79 Å². The van der Waals surface area contributed by atoms with Gasteiger partial charge >= 0.3 is 6.03 Å². The summed E-state index contributed by atoms with van der Waals surface area (Å²) in [5, 5.41) is 8.69. The molecule has 5 heteroatoms. The monoisotopic (exact) mass is 351 g/mol. The van der Waals surface area contributed by atoms with E-state index in [2.05, 4.69) is 16.0 Å². The second-order valence-electron chi connectivity index (χ2n) is 6.88. The molecule has 3 N–H and O–H groups in total. The molecule has 2 aromatic carbocycles. The third-order valence-electron chi connectivity index (χ3n) is 4.43. The highest BCUT2D eigenvalue weighted by Gasteiger charge is 2.21. The standard InChI is InChI=1S/C21H25N3O2/c1-15-4-2-7-19(10-15)20(25)22-13-17-5-3-6-18(11-17)14-24-21(26)23-12-16-8-9-16/h2-7,10-11,16H,8-9,12-14H2,1H3,(H,22,25)(H2,23,24,26). The van der Waals surface area contributed by atoms with Crippen LogP contribution in [0.1, 0.15) is 39.9 Å². The van der Waals surface area contributed by atoms with E-state index in [9.17, 15) is 9.59 Å². The summed E-state index contributed by atoms with van der Waals surface area (Å²) < 4.78 is 0. The molecule has 3 rings (SSSR count). The Morgan fingerprint density at radius 3 is 2.31 bits per heavy atom. The fraction of sp³-hybridized carbons (Fsp3) is 0.333. The van der Waals surface area contributed by atoms with Crippen molar-refractivity contribution in [1.29, 1.82) is 0 Å². The average Bonchev–Trinajstić information content (AvgIpc) is 3.47. The SMILES string of the molecule is Cc1cccc(C(=O)NCc2cccc(CNC(=O)NCC3CC3)c2)c1. The maximum atomic E-state index is 12.2. The van der Waals surface area contributed by atoms with Crippen molar-refractivity contribution in [2.45, 2.75) is 32.9 Å². The van der Waals surface area contributed by atoms with Crippen molar-refractivity contribution >= 4 is 11.9 Å². The zero-order valence-corrected chi connectivity index (χ0v) is 15.0. The highest BCUT2D eigenvalue weighted by molar-refractivity contribution is 5.94. The van der Waals surface area contributed by atoms with Gasteiger partial charge in [0.1, 0.15) is 0 Å². The Morgan fingerprint density at radius 2 is 1.62 bits per heavy atom. The van der Waals surface area contributed by atoms with Crippen LogP contribution in [0.5, 0.6) is 0 Å². The molecule has 5 nitrogen and oxygen atoms in total. The van der Waals surface area contributed by atoms with Gasteiger partial charge in [-0.2, -0.15) is 0 Å². The number of aryl methyl sites for hydroxylation is 1. The number of rotatable bonds is 7. The topological polar surface area (TPSA) is 70.2 Å². The van der Waals surface area contributed by atoms with E-state index >= 15 is 0 Å². The first-order valence-electron chi connectivity index (χ1n) is 9.04. The summed E-state index contributed by atoms with van der Waals surface area (Å²) in [7, 11) is 0.